The van der Waals surface area contributed by atoms with Crippen molar-refractivity contribution in [1.82, 2.24) is 0 Å². The lowest BCUT2D eigenvalue weighted by Gasteiger charge is -2.05. The zero-order chi connectivity index (χ0) is 11.3. The molecule has 0 saturated carbocycles. The van der Waals surface area contributed by atoms with Gasteiger partial charge >= 0.3 is 5.97 Å². The predicted molar refractivity (Wildman–Crippen MR) is 60.8 cm³/mol. The van der Waals surface area contributed by atoms with E-state index in [-0.39, 0.29) is 5.97 Å². The van der Waals surface area contributed by atoms with Crippen molar-refractivity contribution >= 4 is 11.7 Å². The van der Waals surface area contributed by atoms with Gasteiger partial charge in [0.15, 0.2) is 0 Å². The quantitative estimate of drug-likeness (QED) is 0.469. The first-order chi connectivity index (χ1) is 7.15. The second-order valence-corrected chi connectivity index (χ2v) is 3.56. The molecule has 0 heterocycles. The minimum atomic E-state index is -0.272. The van der Waals surface area contributed by atoms with E-state index in [1.807, 2.05) is 6.92 Å². The number of nitrogens with two attached hydrogens (primary N) is 1. The molecule has 0 atom stereocenters. The number of carbonyl (C=O) groups excluding carboxylic acids is 1. The smallest absolute Gasteiger partial charge is 0.338 e. The van der Waals surface area contributed by atoms with Gasteiger partial charge in [0.1, 0.15) is 0 Å². The van der Waals surface area contributed by atoms with Gasteiger partial charge in [-0.2, -0.15) is 0 Å². The number of ether oxygens (including phenoxy) is 1. The van der Waals surface area contributed by atoms with Crippen molar-refractivity contribution in [1.29, 1.82) is 0 Å². The fourth-order valence-corrected chi connectivity index (χ4v) is 1.20. The number of anilines is 1. The summed E-state index contributed by atoms with van der Waals surface area (Å²) >= 11 is 0. The van der Waals surface area contributed by atoms with Crippen molar-refractivity contribution < 1.29 is 9.53 Å². The third kappa shape index (κ3) is 3.27. The highest BCUT2D eigenvalue weighted by Crippen LogP contribution is 2.13. The van der Waals surface area contributed by atoms with Gasteiger partial charge in [-0.1, -0.05) is 13.3 Å². The lowest BCUT2D eigenvalue weighted by atomic mass is 10.1. The third-order valence-corrected chi connectivity index (χ3v) is 2.24. The molecule has 0 spiro atoms. The number of nitrogen functional groups attached to an aromatic ring is 1. The summed E-state index contributed by atoms with van der Waals surface area (Å²) < 4.78 is 5.08. The highest BCUT2D eigenvalue weighted by Gasteiger charge is 2.07. The van der Waals surface area contributed by atoms with E-state index in [0.717, 1.165) is 18.4 Å². The fourth-order valence-electron chi connectivity index (χ4n) is 1.20. The van der Waals surface area contributed by atoms with E-state index >= 15 is 0 Å². The Hall–Kier alpha value is -1.51. The Balaban J connectivity index is 2.62. The highest BCUT2D eigenvalue weighted by molar-refractivity contribution is 5.90. The summed E-state index contributed by atoms with van der Waals surface area (Å²) in [5.74, 6) is -0.272. The Kier molecular flexibility index (Phi) is 4.16. The molecule has 0 saturated heterocycles. The Bertz CT molecular complexity index is 347. The maximum Gasteiger partial charge on any atom is 0.338 e. The van der Waals surface area contributed by atoms with E-state index in [2.05, 4.69) is 6.92 Å². The van der Waals surface area contributed by atoms with Crippen LogP contribution in [0.25, 0.3) is 0 Å². The molecule has 3 heteroatoms. The van der Waals surface area contributed by atoms with Gasteiger partial charge in [-0.05, 0) is 37.1 Å². The molecular weight excluding hydrogens is 190 g/mol. The summed E-state index contributed by atoms with van der Waals surface area (Å²) in [6.07, 6.45) is 1.92. The van der Waals surface area contributed by atoms with Gasteiger partial charge in [0.05, 0.1) is 12.2 Å². The van der Waals surface area contributed by atoms with Crippen molar-refractivity contribution in [3.8, 4) is 0 Å². The molecule has 2 N–H and O–H groups in total. The number of hydrogen-bond donors (Lipinski definition) is 1. The van der Waals surface area contributed by atoms with Gasteiger partial charge < -0.3 is 10.5 Å². The Morgan fingerprint density at radius 2 is 2.20 bits per heavy atom. The molecule has 1 aromatic carbocycles. The van der Waals surface area contributed by atoms with Gasteiger partial charge in [0.2, 0.25) is 0 Å². The van der Waals surface area contributed by atoms with Crippen LogP contribution < -0.4 is 5.73 Å². The molecule has 0 radical (unpaired) electrons. The summed E-state index contributed by atoms with van der Waals surface area (Å²) in [5, 5.41) is 0. The minimum Gasteiger partial charge on any atom is -0.462 e. The molecular formula is C12H17NO2. The first kappa shape index (κ1) is 11.6. The molecule has 82 valence electrons. The number of hydrogen-bond acceptors (Lipinski definition) is 3. The van der Waals surface area contributed by atoms with Crippen LogP contribution in [-0.2, 0) is 4.74 Å². The van der Waals surface area contributed by atoms with Crippen LogP contribution >= 0.6 is 0 Å². The zero-order valence-electron chi connectivity index (χ0n) is 9.25. The van der Waals surface area contributed by atoms with Crippen LogP contribution in [0.5, 0.6) is 0 Å². The molecule has 0 bridgehead atoms. The molecule has 0 aromatic heterocycles. The zero-order valence-corrected chi connectivity index (χ0v) is 9.25. The Labute approximate surface area is 90.2 Å². The lowest BCUT2D eigenvalue weighted by molar-refractivity contribution is 0.0499. The lowest BCUT2D eigenvalue weighted by Crippen LogP contribution is -2.07. The standard InChI is InChI=1S/C12H17NO2/c1-3-4-7-15-12(14)10-5-6-11(13)9(2)8-10/h5-6,8H,3-4,7,13H2,1-2H3. The number of benzene rings is 1. The van der Waals surface area contributed by atoms with Crippen LogP contribution in [0.1, 0.15) is 35.7 Å². The topological polar surface area (TPSA) is 52.3 Å². The molecule has 0 amide bonds. The minimum absolute atomic E-state index is 0.272. The third-order valence-electron chi connectivity index (χ3n) is 2.24. The van der Waals surface area contributed by atoms with Crippen molar-refractivity contribution in [2.75, 3.05) is 12.3 Å². The van der Waals surface area contributed by atoms with E-state index in [4.69, 9.17) is 10.5 Å². The van der Waals surface area contributed by atoms with E-state index in [1.54, 1.807) is 18.2 Å². The molecule has 0 aliphatic heterocycles. The Morgan fingerprint density at radius 1 is 1.47 bits per heavy atom. The maximum absolute atomic E-state index is 11.5. The fraction of sp³-hybridized carbons (Fsp3) is 0.417. The number of unbranched alkanes of at least 4 members (excludes halogenated alkanes) is 1. The number of aryl methyl sites for hydroxylation is 1. The molecule has 0 aliphatic rings. The summed E-state index contributed by atoms with van der Waals surface area (Å²) in [6.45, 7) is 4.41. The second-order valence-electron chi connectivity index (χ2n) is 3.56. The van der Waals surface area contributed by atoms with Crippen LogP contribution in [0.2, 0.25) is 0 Å². The van der Waals surface area contributed by atoms with Crippen LogP contribution in [0.3, 0.4) is 0 Å². The van der Waals surface area contributed by atoms with Crippen LogP contribution in [-0.4, -0.2) is 12.6 Å². The van der Waals surface area contributed by atoms with E-state index in [9.17, 15) is 4.79 Å². The average Bonchev–Trinajstić information content (AvgIpc) is 2.22. The number of esters is 1. The summed E-state index contributed by atoms with van der Waals surface area (Å²) in [6, 6.07) is 5.17. The van der Waals surface area contributed by atoms with Gasteiger partial charge in [0.25, 0.3) is 0 Å². The number of rotatable bonds is 4. The van der Waals surface area contributed by atoms with Gasteiger partial charge in [-0.3, -0.25) is 0 Å². The molecule has 15 heavy (non-hydrogen) atoms. The first-order valence-electron chi connectivity index (χ1n) is 5.18. The molecule has 0 aliphatic carbocycles. The molecule has 3 nitrogen and oxygen atoms in total. The van der Waals surface area contributed by atoms with Crippen molar-refractivity contribution in [2.24, 2.45) is 0 Å². The van der Waals surface area contributed by atoms with Crippen LogP contribution in [0.4, 0.5) is 5.69 Å². The first-order valence-corrected chi connectivity index (χ1v) is 5.18. The van der Waals surface area contributed by atoms with E-state index in [0.29, 0.717) is 17.9 Å². The van der Waals surface area contributed by atoms with E-state index < -0.39 is 0 Å². The SMILES string of the molecule is CCCCOC(=O)c1ccc(N)c(C)c1. The van der Waals surface area contributed by atoms with E-state index in [1.165, 1.54) is 0 Å². The second kappa shape index (κ2) is 5.39. The van der Waals surface area contributed by atoms with Crippen molar-refractivity contribution in [3.05, 3.63) is 29.3 Å². The molecule has 1 aromatic rings. The van der Waals surface area contributed by atoms with Crippen molar-refractivity contribution in [2.45, 2.75) is 26.7 Å². The van der Waals surface area contributed by atoms with Gasteiger partial charge in [0, 0.05) is 5.69 Å². The van der Waals surface area contributed by atoms with Crippen LogP contribution in [0, 0.1) is 6.92 Å². The number of carbonyl (C=O) groups is 1. The molecule has 1 rings (SSSR count). The molecule has 0 fully saturated rings. The summed E-state index contributed by atoms with van der Waals surface area (Å²) in [7, 11) is 0. The van der Waals surface area contributed by atoms with Gasteiger partial charge in [-0.15, -0.1) is 0 Å². The average molecular weight is 207 g/mol. The largest absolute Gasteiger partial charge is 0.462 e. The summed E-state index contributed by atoms with van der Waals surface area (Å²) in [4.78, 5) is 11.5. The normalized spacial score (nSPS) is 10.0. The Morgan fingerprint density at radius 3 is 2.80 bits per heavy atom. The highest BCUT2D eigenvalue weighted by atomic mass is 16.5. The van der Waals surface area contributed by atoms with Crippen LogP contribution in [0.15, 0.2) is 18.2 Å². The maximum atomic E-state index is 11.5. The predicted octanol–water partition coefficient (Wildman–Crippen LogP) is 2.53. The monoisotopic (exact) mass is 207 g/mol. The summed E-state index contributed by atoms with van der Waals surface area (Å²) in [5.41, 5.74) is 7.82. The van der Waals surface area contributed by atoms with Gasteiger partial charge in [-0.25, -0.2) is 4.79 Å². The molecule has 0 unspecified atom stereocenters. The van der Waals surface area contributed by atoms with Crippen molar-refractivity contribution in [3.63, 3.8) is 0 Å².